The van der Waals surface area contributed by atoms with Crippen LogP contribution in [-0.4, -0.2) is 16.1 Å². The van der Waals surface area contributed by atoms with Crippen LogP contribution in [0.2, 0.25) is 0 Å². The summed E-state index contributed by atoms with van der Waals surface area (Å²) in [7, 11) is 0. The van der Waals surface area contributed by atoms with Crippen molar-refractivity contribution in [2.24, 2.45) is 0 Å². The standard InChI is InChI=1S/C16H14N2O2/c1-10-2-4-15(13(8-10)16(19)20)18-12-3-5-14-11(9-12)6-7-17-14/h2-9,17-18H,1H3,(H,19,20). The average molecular weight is 266 g/mol. The molecule has 1 aromatic heterocycles. The van der Waals surface area contributed by atoms with E-state index in [1.807, 2.05) is 43.5 Å². The van der Waals surface area contributed by atoms with Crippen LogP contribution in [0.5, 0.6) is 0 Å². The molecule has 0 unspecified atom stereocenters. The number of H-pyrrole nitrogens is 1. The minimum atomic E-state index is -0.932. The third-order valence-corrected chi connectivity index (χ3v) is 3.24. The Morgan fingerprint density at radius 2 is 2.00 bits per heavy atom. The SMILES string of the molecule is Cc1ccc(Nc2ccc3[nH]ccc3c2)c(C(=O)O)c1. The average Bonchev–Trinajstić information content (AvgIpc) is 2.88. The Hall–Kier alpha value is -2.75. The van der Waals surface area contributed by atoms with Crippen molar-refractivity contribution in [3.8, 4) is 0 Å². The van der Waals surface area contributed by atoms with E-state index in [2.05, 4.69) is 10.3 Å². The van der Waals surface area contributed by atoms with Crippen LogP contribution in [0.4, 0.5) is 11.4 Å². The first-order valence-electron chi connectivity index (χ1n) is 6.31. The molecule has 0 aliphatic carbocycles. The van der Waals surface area contributed by atoms with E-state index in [1.54, 1.807) is 12.1 Å². The van der Waals surface area contributed by atoms with Crippen LogP contribution >= 0.6 is 0 Å². The van der Waals surface area contributed by atoms with Crippen LogP contribution in [-0.2, 0) is 0 Å². The number of aromatic carboxylic acids is 1. The van der Waals surface area contributed by atoms with Crippen molar-refractivity contribution in [1.82, 2.24) is 4.98 Å². The molecular formula is C16H14N2O2. The lowest BCUT2D eigenvalue weighted by atomic mass is 10.1. The lowest BCUT2D eigenvalue weighted by Crippen LogP contribution is -2.03. The van der Waals surface area contributed by atoms with Crippen molar-refractivity contribution in [1.29, 1.82) is 0 Å². The second-order valence-electron chi connectivity index (χ2n) is 4.76. The maximum Gasteiger partial charge on any atom is 0.337 e. The van der Waals surface area contributed by atoms with E-state index < -0.39 is 5.97 Å². The van der Waals surface area contributed by atoms with Crippen LogP contribution in [0.25, 0.3) is 10.9 Å². The number of aryl methyl sites for hydroxylation is 1. The van der Waals surface area contributed by atoms with Gasteiger partial charge in [-0.15, -0.1) is 0 Å². The second kappa shape index (κ2) is 4.74. The first-order chi connectivity index (χ1) is 9.63. The monoisotopic (exact) mass is 266 g/mol. The highest BCUT2D eigenvalue weighted by atomic mass is 16.4. The molecule has 0 radical (unpaired) electrons. The van der Waals surface area contributed by atoms with Gasteiger partial charge in [-0.25, -0.2) is 4.79 Å². The molecule has 3 N–H and O–H groups in total. The third kappa shape index (κ3) is 2.23. The van der Waals surface area contributed by atoms with Crippen LogP contribution in [0.3, 0.4) is 0 Å². The topological polar surface area (TPSA) is 65.1 Å². The molecular weight excluding hydrogens is 252 g/mol. The molecule has 0 amide bonds. The Bertz CT molecular complexity index is 790. The van der Waals surface area contributed by atoms with Crippen molar-refractivity contribution in [3.05, 3.63) is 59.8 Å². The highest BCUT2D eigenvalue weighted by Crippen LogP contribution is 2.25. The zero-order chi connectivity index (χ0) is 14.1. The summed E-state index contributed by atoms with van der Waals surface area (Å²) in [5.41, 5.74) is 3.72. The van der Waals surface area contributed by atoms with Gasteiger partial charge in [-0.1, -0.05) is 11.6 Å². The van der Waals surface area contributed by atoms with Crippen LogP contribution in [0.1, 0.15) is 15.9 Å². The highest BCUT2D eigenvalue weighted by molar-refractivity contribution is 5.96. The summed E-state index contributed by atoms with van der Waals surface area (Å²) in [6, 6.07) is 13.2. The quantitative estimate of drug-likeness (QED) is 0.673. The van der Waals surface area contributed by atoms with Crippen molar-refractivity contribution < 1.29 is 9.90 Å². The van der Waals surface area contributed by atoms with Gasteiger partial charge in [0.05, 0.1) is 11.3 Å². The van der Waals surface area contributed by atoms with Gasteiger partial charge in [0.2, 0.25) is 0 Å². The van der Waals surface area contributed by atoms with Gasteiger partial charge in [0.25, 0.3) is 0 Å². The van der Waals surface area contributed by atoms with Gasteiger partial charge in [0.15, 0.2) is 0 Å². The van der Waals surface area contributed by atoms with Gasteiger partial charge in [0.1, 0.15) is 0 Å². The highest BCUT2D eigenvalue weighted by Gasteiger charge is 2.10. The maximum atomic E-state index is 11.3. The molecule has 0 saturated carbocycles. The van der Waals surface area contributed by atoms with Gasteiger partial charge in [-0.3, -0.25) is 0 Å². The van der Waals surface area contributed by atoms with Crippen molar-refractivity contribution in [3.63, 3.8) is 0 Å². The van der Waals surface area contributed by atoms with Crippen LogP contribution in [0, 0.1) is 6.92 Å². The van der Waals surface area contributed by atoms with Gasteiger partial charge < -0.3 is 15.4 Å². The summed E-state index contributed by atoms with van der Waals surface area (Å²) in [5, 5.41) is 13.5. The molecule has 100 valence electrons. The fourth-order valence-corrected chi connectivity index (χ4v) is 2.23. The lowest BCUT2D eigenvalue weighted by Gasteiger charge is -2.10. The molecule has 3 aromatic rings. The summed E-state index contributed by atoms with van der Waals surface area (Å²) in [4.78, 5) is 14.4. The number of anilines is 2. The lowest BCUT2D eigenvalue weighted by molar-refractivity contribution is 0.0698. The van der Waals surface area contributed by atoms with E-state index in [9.17, 15) is 9.90 Å². The molecule has 4 nitrogen and oxygen atoms in total. The molecule has 2 aromatic carbocycles. The normalized spacial score (nSPS) is 10.7. The molecule has 0 spiro atoms. The van der Waals surface area contributed by atoms with Crippen molar-refractivity contribution >= 4 is 28.2 Å². The zero-order valence-corrected chi connectivity index (χ0v) is 11.0. The number of rotatable bonds is 3. The van der Waals surface area contributed by atoms with Gasteiger partial charge in [-0.05, 0) is 43.3 Å². The summed E-state index contributed by atoms with van der Waals surface area (Å²) in [6.07, 6.45) is 1.88. The van der Waals surface area contributed by atoms with Crippen LogP contribution in [0.15, 0.2) is 48.7 Å². The number of nitrogens with one attached hydrogen (secondary N) is 2. The number of carboxylic acids is 1. The molecule has 4 heteroatoms. The second-order valence-corrected chi connectivity index (χ2v) is 4.76. The fraction of sp³-hybridized carbons (Fsp3) is 0.0625. The Morgan fingerprint density at radius 3 is 2.80 bits per heavy atom. The number of hydrogen-bond donors (Lipinski definition) is 3. The van der Waals surface area contributed by atoms with E-state index in [0.717, 1.165) is 22.2 Å². The van der Waals surface area contributed by atoms with Crippen molar-refractivity contribution in [2.75, 3.05) is 5.32 Å². The smallest absolute Gasteiger partial charge is 0.337 e. The van der Waals surface area contributed by atoms with Crippen molar-refractivity contribution in [2.45, 2.75) is 6.92 Å². The maximum absolute atomic E-state index is 11.3. The number of aromatic nitrogens is 1. The van der Waals surface area contributed by atoms with E-state index in [-0.39, 0.29) is 5.56 Å². The molecule has 20 heavy (non-hydrogen) atoms. The fourth-order valence-electron chi connectivity index (χ4n) is 2.23. The third-order valence-electron chi connectivity index (χ3n) is 3.24. The Morgan fingerprint density at radius 1 is 1.15 bits per heavy atom. The molecule has 1 heterocycles. The largest absolute Gasteiger partial charge is 0.478 e. The van der Waals surface area contributed by atoms with Gasteiger partial charge >= 0.3 is 5.97 Å². The number of benzene rings is 2. The predicted octanol–water partition coefficient (Wildman–Crippen LogP) is 3.92. The summed E-state index contributed by atoms with van der Waals surface area (Å²) in [6.45, 7) is 1.88. The molecule has 0 saturated heterocycles. The molecule has 0 fully saturated rings. The number of fused-ring (bicyclic) bond motifs is 1. The van der Waals surface area contributed by atoms with Crippen LogP contribution < -0.4 is 5.32 Å². The summed E-state index contributed by atoms with van der Waals surface area (Å²) >= 11 is 0. The number of carboxylic acid groups (broad SMARTS) is 1. The van der Waals surface area contributed by atoms with E-state index in [4.69, 9.17) is 0 Å². The molecule has 0 bridgehead atoms. The zero-order valence-electron chi connectivity index (χ0n) is 11.0. The Balaban J connectivity index is 1.99. The predicted molar refractivity (Wildman–Crippen MR) is 79.7 cm³/mol. The Kier molecular flexibility index (Phi) is 2.91. The van der Waals surface area contributed by atoms with Gasteiger partial charge in [0, 0.05) is 22.8 Å². The number of carbonyl (C=O) groups is 1. The minimum Gasteiger partial charge on any atom is -0.478 e. The van der Waals surface area contributed by atoms with Gasteiger partial charge in [-0.2, -0.15) is 0 Å². The first kappa shape index (κ1) is 12.3. The molecule has 0 aliphatic rings. The molecule has 0 aliphatic heterocycles. The molecule has 3 rings (SSSR count). The minimum absolute atomic E-state index is 0.277. The number of aromatic amines is 1. The first-order valence-corrected chi connectivity index (χ1v) is 6.31. The summed E-state index contributed by atoms with van der Waals surface area (Å²) < 4.78 is 0. The summed E-state index contributed by atoms with van der Waals surface area (Å²) in [5.74, 6) is -0.932. The Labute approximate surface area is 116 Å². The number of hydrogen-bond acceptors (Lipinski definition) is 2. The molecule has 0 atom stereocenters. The van der Waals surface area contributed by atoms with E-state index in [0.29, 0.717) is 5.69 Å². The van der Waals surface area contributed by atoms with E-state index in [1.165, 1.54) is 0 Å². The van der Waals surface area contributed by atoms with E-state index >= 15 is 0 Å².